The number of hydrogen-bond acceptors (Lipinski definition) is 3. The van der Waals surface area contributed by atoms with Gasteiger partial charge in [0.15, 0.2) is 0 Å². The summed E-state index contributed by atoms with van der Waals surface area (Å²) in [6.45, 7) is 3.70. The van der Waals surface area contributed by atoms with Gasteiger partial charge in [0.05, 0.1) is 22.6 Å². The molecule has 2 rings (SSSR count). The number of para-hydroxylation sites is 1. The highest BCUT2D eigenvalue weighted by Gasteiger charge is 2.08. The molecule has 0 spiro atoms. The maximum absolute atomic E-state index is 6.11. The first-order chi connectivity index (χ1) is 7.83. The number of hydrogen-bond donors (Lipinski definition) is 1. The summed E-state index contributed by atoms with van der Waals surface area (Å²) in [5, 5.41) is 11.9. The fourth-order valence-electron chi connectivity index (χ4n) is 1.46. The SMILES string of the molecule is CCNCc1cnnn1-c1ccccc1Cl. The molecule has 0 saturated carbocycles. The highest BCUT2D eigenvalue weighted by Crippen LogP contribution is 2.19. The fraction of sp³-hybridized carbons (Fsp3) is 0.273. The molecule has 4 nitrogen and oxygen atoms in total. The zero-order chi connectivity index (χ0) is 11.4. The van der Waals surface area contributed by atoms with Crippen molar-refractivity contribution in [2.24, 2.45) is 0 Å². The first-order valence-corrected chi connectivity index (χ1v) is 5.56. The standard InChI is InChI=1S/C11H13ClN4/c1-2-13-7-9-8-14-15-16(9)11-6-4-3-5-10(11)12/h3-6,8,13H,2,7H2,1H3. The predicted octanol–water partition coefficient (Wildman–Crippen LogP) is 2.03. The van der Waals surface area contributed by atoms with E-state index < -0.39 is 0 Å². The molecule has 84 valence electrons. The van der Waals surface area contributed by atoms with Gasteiger partial charge in [0.25, 0.3) is 0 Å². The molecule has 0 aliphatic carbocycles. The highest BCUT2D eigenvalue weighted by molar-refractivity contribution is 6.32. The Bertz CT molecular complexity index is 467. The third-order valence-electron chi connectivity index (χ3n) is 2.26. The van der Waals surface area contributed by atoms with Crippen LogP contribution in [0.15, 0.2) is 30.5 Å². The minimum absolute atomic E-state index is 0.672. The summed E-state index contributed by atoms with van der Waals surface area (Å²) in [5.74, 6) is 0. The van der Waals surface area contributed by atoms with Crippen LogP contribution in [-0.2, 0) is 6.54 Å². The summed E-state index contributed by atoms with van der Waals surface area (Å²) < 4.78 is 1.75. The Kier molecular flexibility index (Phi) is 3.54. The monoisotopic (exact) mass is 236 g/mol. The average Bonchev–Trinajstić information content (AvgIpc) is 2.75. The summed E-state index contributed by atoms with van der Waals surface area (Å²) in [7, 11) is 0. The molecule has 0 aliphatic rings. The zero-order valence-corrected chi connectivity index (χ0v) is 9.78. The molecule has 0 bridgehead atoms. The second kappa shape index (κ2) is 5.09. The normalized spacial score (nSPS) is 10.6. The quantitative estimate of drug-likeness (QED) is 0.884. The molecule has 0 amide bonds. The van der Waals surface area contributed by atoms with Crippen molar-refractivity contribution < 1.29 is 0 Å². The molecular formula is C11H13ClN4. The third kappa shape index (κ3) is 2.23. The van der Waals surface area contributed by atoms with E-state index in [1.54, 1.807) is 10.9 Å². The minimum atomic E-state index is 0.672. The first-order valence-electron chi connectivity index (χ1n) is 5.18. The Morgan fingerprint density at radius 1 is 1.38 bits per heavy atom. The van der Waals surface area contributed by atoms with Crippen LogP contribution in [0.3, 0.4) is 0 Å². The van der Waals surface area contributed by atoms with Crippen LogP contribution in [0.4, 0.5) is 0 Å². The minimum Gasteiger partial charge on any atom is -0.311 e. The molecule has 2 aromatic rings. The Morgan fingerprint density at radius 2 is 2.19 bits per heavy atom. The van der Waals surface area contributed by atoms with Gasteiger partial charge in [0, 0.05) is 6.54 Å². The Balaban J connectivity index is 2.33. The molecular weight excluding hydrogens is 224 g/mol. The van der Waals surface area contributed by atoms with E-state index in [0.29, 0.717) is 5.02 Å². The molecule has 16 heavy (non-hydrogen) atoms. The van der Waals surface area contributed by atoms with Crippen LogP contribution in [0.1, 0.15) is 12.6 Å². The summed E-state index contributed by atoms with van der Waals surface area (Å²) in [4.78, 5) is 0. The smallest absolute Gasteiger partial charge is 0.0853 e. The van der Waals surface area contributed by atoms with Crippen LogP contribution in [0.2, 0.25) is 5.02 Å². The van der Waals surface area contributed by atoms with Gasteiger partial charge >= 0.3 is 0 Å². The zero-order valence-electron chi connectivity index (χ0n) is 9.02. The molecule has 1 aromatic heterocycles. The van der Waals surface area contributed by atoms with Crippen LogP contribution < -0.4 is 5.32 Å². The van der Waals surface area contributed by atoms with Gasteiger partial charge in [-0.2, -0.15) is 0 Å². The van der Waals surface area contributed by atoms with E-state index in [1.165, 1.54) is 0 Å². The lowest BCUT2D eigenvalue weighted by Crippen LogP contribution is -2.15. The van der Waals surface area contributed by atoms with Crippen molar-refractivity contribution in [3.8, 4) is 5.69 Å². The second-order valence-corrected chi connectivity index (χ2v) is 3.78. The molecule has 1 N–H and O–H groups in total. The van der Waals surface area contributed by atoms with Crippen LogP contribution in [0.5, 0.6) is 0 Å². The number of rotatable bonds is 4. The van der Waals surface area contributed by atoms with E-state index in [-0.39, 0.29) is 0 Å². The van der Waals surface area contributed by atoms with Gasteiger partial charge in [-0.15, -0.1) is 5.10 Å². The molecule has 1 aromatic carbocycles. The lowest BCUT2D eigenvalue weighted by atomic mass is 10.3. The maximum atomic E-state index is 6.11. The van der Waals surface area contributed by atoms with E-state index in [2.05, 4.69) is 22.6 Å². The first kappa shape index (κ1) is 11.1. The molecule has 0 fully saturated rings. The van der Waals surface area contributed by atoms with Crippen molar-refractivity contribution in [1.29, 1.82) is 0 Å². The van der Waals surface area contributed by atoms with E-state index in [4.69, 9.17) is 11.6 Å². The fourth-order valence-corrected chi connectivity index (χ4v) is 1.67. The van der Waals surface area contributed by atoms with Gasteiger partial charge in [0.2, 0.25) is 0 Å². The van der Waals surface area contributed by atoms with Crippen LogP contribution >= 0.6 is 11.6 Å². The van der Waals surface area contributed by atoms with Crippen molar-refractivity contribution in [3.05, 3.63) is 41.2 Å². The molecule has 0 aliphatic heterocycles. The molecule has 0 saturated heterocycles. The number of nitrogens with one attached hydrogen (secondary N) is 1. The Labute approximate surface area is 99.2 Å². The second-order valence-electron chi connectivity index (χ2n) is 3.37. The van der Waals surface area contributed by atoms with Gasteiger partial charge in [-0.05, 0) is 18.7 Å². The van der Waals surface area contributed by atoms with Gasteiger partial charge in [-0.25, -0.2) is 4.68 Å². The maximum Gasteiger partial charge on any atom is 0.0853 e. The van der Waals surface area contributed by atoms with Crippen molar-refractivity contribution >= 4 is 11.6 Å². The molecule has 0 atom stereocenters. The highest BCUT2D eigenvalue weighted by atomic mass is 35.5. The lowest BCUT2D eigenvalue weighted by molar-refractivity contribution is 0.672. The van der Waals surface area contributed by atoms with Gasteiger partial charge in [0.1, 0.15) is 0 Å². The summed E-state index contributed by atoms with van der Waals surface area (Å²) >= 11 is 6.11. The van der Waals surface area contributed by atoms with Gasteiger partial charge < -0.3 is 5.32 Å². The van der Waals surface area contributed by atoms with E-state index in [0.717, 1.165) is 24.5 Å². The Morgan fingerprint density at radius 3 is 2.94 bits per heavy atom. The average molecular weight is 237 g/mol. The third-order valence-corrected chi connectivity index (χ3v) is 2.58. The van der Waals surface area contributed by atoms with Gasteiger partial charge in [-0.1, -0.05) is 35.9 Å². The van der Waals surface area contributed by atoms with Crippen molar-refractivity contribution in [1.82, 2.24) is 20.3 Å². The van der Waals surface area contributed by atoms with Crippen LogP contribution in [0, 0.1) is 0 Å². The molecule has 0 unspecified atom stereocenters. The summed E-state index contributed by atoms with van der Waals surface area (Å²) in [6, 6.07) is 7.59. The molecule has 0 radical (unpaired) electrons. The Hall–Kier alpha value is -1.39. The topological polar surface area (TPSA) is 42.7 Å². The van der Waals surface area contributed by atoms with E-state index in [9.17, 15) is 0 Å². The summed E-state index contributed by atoms with van der Waals surface area (Å²) in [5.41, 5.74) is 1.85. The van der Waals surface area contributed by atoms with Crippen molar-refractivity contribution in [2.75, 3.05) is 6.54 Å². The number of halogens is 1. The lowest BCUT2D eigenvalue weighted by Gasteiger charge is -2.07. The van der Waals surface area contributed by atoms with Crippen LogP contribution in [-0.4, -0.2) is 21.5 Å². The van der Waals surface area contributed by atoms with Crippen molar-refractivity contribution in [3.63, 3.8) is 0 Å². The number of nitrogens with zero attached hydrogens (tertiary/aromatic N) is 3. The largest absolute Gasteiger partial charge is 0.311 e. The van der Waals surface area contributed by atoms with E-state index in [1.807, 2.05) is 24.3 Å². The van der Waals surface area contributed by atoms with Gasteiger partial charge in [-0.3, -0.25) is 0 Å². The van der Waals surface area contributed by atoms with E-state index >= 15 is 0 Å². The predicted molar refractivity (Wildman–Crippen MR) is 63.7 cm³/mol. The number of aromatic nitrogens is 3. The number of benzene rings is 1. The van der Waals surface area contributed by atoms with Crippen molar-refractivity contribution in [2.45, 2.75) is 13.5 Å². The molecule has 5 heteroatoms. The summed E-state index contributed by atoms with van der Waals surface area (Å²) in [6.07, 6.45) is 1.74. The van der Waals surface area contributed by atoms with Crippen LogP contribution in [0.25, 0.3) is 5.69 Å². The molecule has 1 heterocycles.